The minimum atomic E-state index is 0.442. The third kappa shape index (κ3) is 3.53. The lowest BCUT2D eigenvalue weighted by atomic mass is 10.1. The first-order chi connectivity index (χ1) is 12.3. The summed E-state index contributed by atoms with van der Waals surface area (Å²) in [5, 5.41) is 8.82. The maximum absolute atomic E-state index is 4.44. The summed E-state index contributed by atoms with van der Waals surface area (Å²) in [4.78, 5) is 11.1. The van der Waals surface area contributed by atoms with E-state index in [-0.39, 0.29) is 0 Å². The van der Waals surface area contributed by atoms with Crippen LogP contribution < -0.4 is 5.32 Å². The molecule has 0 aliphatic carbocycles. The van der Waals surface area contributed by atoms with E-state index < -0.39 is 0 Å². The molecule has 126 valence electrons. The van der Waals surface area contributed by atoms with Crippen molar-refractivity contribution in [1.82, 2.24) is 19.7 Å². The van der Waals surface area contributed by atoms with E-state index in [4.69, 9.17) is 0 Å². The highest BCUT2D eigenvalue weighted by molar-refractivity contribution is 7.21. The van der Waals surface area contributed by atoms with Gasteiger partial charge in [0.1, 0.15) is 17.0 Å². The molecule has 3 heterocycles. The van der Waals surface area contributed by atoms with E-state index in [9.17, 15) is 0 Å². The first-order valence-corrected chi connectivity index (χ1v) is 9.12. The number of hydrogen-bond acceptors (Lipinski definition) is 5. The first kappa shape index (κ1) is 15.8. The molecule has 6 heteroatoms. The molecule has 0 spiro atoms. The molecule has 0 bridgehead atoms. The Morgan fingerprint density at radius 3 is 2.84 bits per heavy atom. The number of aromatic nitrogens is 4. The van der Waals surface area contributed by atoms with Crippen LogP contribution in [0.25, 0.3) is 20.7 Å². The zero-order valence-corrected chi connectivity index (χ0v) is 14.8. The van der Waals surface area contributed by atoms with Crippen molar-refractivity contribution in [2.45, 2.75) is 13.5 Å². The Morgan fingerprint density at radius 2 is 2.04 bits per heavy atom. The molecule has 0 aliphatic rings. The van der Waals surface area contributed by atoms with Crippen LogP contribution in [0.5, 0.6) is 0 Å². The monoisotopic (exact) mass is 349 g/mol. The van der Waals surface area contributed by atoms with E-state index in [1.807, 2.05) is 29.2 Å². The second-order valence-electron chi connectivity index (χ2n) is 6.13. The Bertz CT molecular complexity index is 947. The SMILES string of the molecule is CC(CNc1ncnc2sc(-c3ccccc3)cc12)Cn1cccn1. The first-order valence-electron chi connectivity index (χ1n) is 8.31. The van der Waals surface area contributed by atoms with Crippen LogP contribution in [0.1, 0.15) is 6.92 Å². The summed E-state index contributed by atoms with van der Waals surface area (Å²) in [5.41, 5.74) is 1.21. The minimum Gasteiger partial charge on any atom is -0.369 e. The van der Waals surface area contributed by atoms with Gasteiger partial charge in [0.25, 0.3) is 0 Å². The highest BCUT2D eigenvalue weighted by atomic mass is 32.1. The molecule has 0 radical (unpaired) electrons. The molecule has 4 rings (SSSR count). The number of rotatable bonds is 6. The van der Waals surface area contributed by atoms with Crippen molar-refractivity contribution in [3.05, 3.63) is 61.2 Å². The number of hydrogen-bond donors (Lipinski definition) is 1. The van der Waals surface area contributed by atoms with Crippen LogP contribution in [0, 0.1) is 5.92 Å². The fraction of sp³-hybridized carbons (Fsp3) is 0.211. The van der Waals surface area contributed by atoms with E-state index in [2.05, 4.69) is 57.6 Å². The lowest BCUT2D eigenvalue weighted by molar-refractivity contribution is 0.467. The lowest BCUT2D eigenvalue weighted by Gasteiger charge is -2.13. The highest BCUT2D eigenvalue weighted by Gasteiger charge is 2.11. The molecule has 1 N–H and O–H groups in total. The van der Waals surface area contributed by atoms with Crippen LogP contribution in [0.15, 0.2) is 61.2 Å². The predicted molar refractivity (Wildman–Crippen MR) is 103 cm³/mol. The van der Waals surface area contributed by atoms with E-state index >= 15 is 0 Å². The van der Waals surface area contributed by atoms with Gasteiger partial charge in [0.15, 0.2) is 0 Å². The molecule has 0 amide bonds. The van der Waals surface area contributed by atoms with Gasteiger partial charge in [-0.25, -0.2) is 9.97 Å². The lowest BCUT2D eigenvalue weighted by Crippen LogP contribution is -2.18. The quantitative estimate of drug-likeness (QED) is 0.564. The van der Waals surface area contributed by atoms with Crippen LogP contribution in [-0.2, 0) is 6.54 Å². The molecular formula is C19H19N5S. The standard InChI is InChI=1S/C19H19N5S/c1-14(12-24-9-5-8-23-24)11-20-18-16-10-17(15-6-3-2-4-7-15)25-19(16)22-13-21-18/h2-10,13-14H,11-12H2,1H3,(H,20,21,22). The smallest absolute Gasteiger partial charge is 0.138 e. The van der Waals surface area contributed by atoms with Gasteiger partial charge in [-0.05, 0) is 23.6 Å². The third-order valence-electron chi connectivity index (χ3n) is 4.06. The van der Waals surface area contributed by atoms with E-state index in [0.29, 0.717) is 5.92 Å². The van der Waals surface area contributed by atoms with Gasteiger partial charge >= 0.3 is 0 Å². The van der Waals surface area contributed by atoms with Crippen molar-refractivity contribution < 1.29 is 0 Å². The van der Waals surface area contributed by atoms with Crippen molar-refractivity contribution in [3.8, 4) is 10.4 Å². The summed E-state index contributed by atoms with van der Waals surface area (Å²) in [6.45, 7) is 3.92. The fourth-order valence-corrected chi connectivity index (χ4v) is 3.81. The molecule has 0 fully saturated rings. The highest BCUT2D eigenvalue weighted by Crippen LogP contribution is 2.34. The van der Waals surface area contributed by atoms with Crippen molar-refractivity contribution >= 4 is 27.4 Å². The summed E-state index contributed by atoms with van der Waals surface area (Å²) in [6.07, 6.45) is 5.43. The third-order valence-corrected chi connectivity index (χ3v) is 5.16. The summed E-state index contributed by atoms with van der Waals surface area (Å²) < 4.78 is 1.96. The molecular weight excluding hydrogens is 330 g/mol. The van der Waals surface area contributed by atoms with Crippen molar-refractivity contribution in [2.75, 3.05) is 11.9 Å². The maximum Gasteiger partial charge on any atom is 0.138 e. The second kappa shape index (κ2) is 7.03. The number of nitrogens with zero attached hydrogens (tertiary/aromatic N) is 4. The second-order valence-corrected chi connectivity index (χ2v) is 7.16. The molecule has 1 atom stereocenters. The topological polar surface area (TPSA) is 55.6 Å². The molecule has 4 aromatic rings. The van der Waals surface area contributed by atoms with Crippen LogP contribution in [-0.4, -0.2) is 26.3 Å². The number of benzene rings is 1. The Kier molecular flexibility index (Phi) is 4.43. The van der Waals surface area contributed by atoms with Crippen molar-refractivity contribution in [3.63, 3.8) is 0 Å². The zero-order valence-electron chi connectivity index (χ0n) is 14.0. The maximum atomic E-state index is 4.44. The molecule has 5 nitrogen and oxygen atoms in total. The molecule has 25 heavy (non-hydrogen) atoms. The number of anilines is 1. The minimum absolute atomic E-state index is 0.442. The largest absolute Gasteiger partial charge is 0.369 e. The summed E-state index contributed by atoms with van der Waals surface area (Å²) in [7, 11) is 0. The van der Waals surface area contributed by atoms with Gasteiger partial charge in [-0.1, -0.05) is 37.3 Å². The molecule has 3 aromatic heterocycles. The Balaban J connectivity index is 1.52. The fourth-order valence-electron chi connectivity index (χ4n) is 2.80. The number of thiophene rings is 1. The van der Waals surface area contributed by atoms with Crippen molar-refractivity contribution in [2.24, 2.45) is 5.92 Å². The van der Waals surface area contributed by atoms with Crippen molar-refractivity contribution in [1.29, 1.82) is 0 Å². The van der Waals surface area contributed by atoms with Gasteiger partial charge < -0.3 is 5.32 Å². The average Bonchev–Trinajstić information content (AvgIpc) is 3.30. The van der Waals surface area contributed by atoms with Gasteiger partial charge in [-0.15, -0.1) is 11.3 Å². The van der Waals surface area contributed by atoms with Crippen LogP contribution in [0.3, 0.4) is 0 Å². The van der Waals surface area contributed by atoms with E-state index in [0.717, 1.165) is 29.1 Å². The zero-order chi connectivity index (χ0) is 17.1. The molecule has 1 unspecified atom stereocenters. The van der Waals surface area contributed by atoms with Crippen LogP contribution in [0.2, 0.25) is 0 Å². The van der Waals surface area contributed by atoms with Crippen LogP contribution in [0.4, 0.5) is 5.82 Å². The number of nitrogens with one attached hydrogen (secondary N) is 1. The van der Waals surface area contributed by atoms with E-state index in [1.54, 1.807) is 17.7 Å². The van der Waals surface area contributed by atoms with E-state index in [1.165, 1.54) is 10.4 Å². The average molecular weight is 349 g/mol. The Labute approximate surface area is 150 Å². The van der Waals surface area contributed by atoms with Gasteiger partial charge in [0, 0.05) is 30.4 Å². The molecule has 1 aromatic carbocycles. The van der Waals surface area contributed by atoms with Gasteiger partial charge in [0.05, 0.1) is 5.39 Å². The Morgan fingerprint density at radius 1 is 1.16 bits per heavy atom. The van der Waals surface area contributed by atoms with Gasteiger partial charge in [0.2, 0.25) is 0 Å². The summed E-state index contributed by atoms with van der Waals surface area (Å²) in [6, 6.07) is 14.5. The normalized spacial score (nSPS) is 12.4. The molecule has 0 saturated carbocycles. The van der Waals surface area contributed by atoms with Gasteiger partial charge in [-0.2, -0.15) is 5.10 Å². The number of fused-ring (bicyclic) bond motifs is 1. The molecule has 0 saturated heterocycles. The summed E-state index contributed by atoms with van der Waals surface area (Å²) >= 11 is 1.70. The van der Waals surface area contributed by atoms with Gasteiger partial charge in [-0.3, -0.25) is 4.68 Å². The Hall–Kier alpha value is -2.73. The predicted octanol–water partition coefficient (Wildman–Crippen LogP) is 4.30. The van der Waals surface area contributed by atoms with Crippen LogP contribution >= 0.6 is 11.3 Å². The summed E-state index contributed by atoms with van der Waals surface area (Å²) in [5.74, 6) is 1.34. The molecule has 0 aliphatic heterocycles.